The minimum Gasteiger partial charge on any atom is -0.493 e. The van der Waals surface area contributed by atoms with Gasteiger partial charge in [0.25, 0.3) is 0 Å². The van der Waals surface area contributed by atoms with Crippen LogP contribution in [0.15, 0.2) is 29.5 Å². The Labute approximate surface area is 164 Å². The van der Waals surface area contributed by atoms with E-state index in [2.05, 4.69) is 15.5 Å². The highest BCUT2D eigenvalue weighted by atomic mass is 16.5. The molecular weight excluding hydrogens is 362 g/mol. The number of hydrogen-bond donors (Lipinski definition) is 2. The second kappa shape index (κ2) is 8.97. The molecule has 1 atom stereocenters. The van der Waals surface area contributed by atoms with Crippen LogP contribution in [0.2, 0.25) is 0 Å². The SMILES string of the molecule is COC(=O)C1=C(CN2CCCCC2)NC(=O)N[C@@H]1c1ccc(OC)c(OC)c1. The van der Waals surface area contributed by atoms with E-state index in [0.717, 1.165) is 25.9 Å². The van der Waals surface area contributed by atoms with Gasteiger partial charge in [-0.1, -0.05) is 12.5 Å². The standard InChI is InChI=1S/C20H27N3O5/c1-26-15-8-7-13(11-16(15)27-2)18-17(19(24)28-3)14(21-20(25)22-18)12-23-9-5-4-6-10-23/h7-8,11,18H,4-6,9-10,12H2,1-3H3,(H2,21,22,25)/t18-/m1/s1. The summed E-state index contributed by atoms with van der Waals surface area (Å²) in [5.41, 5.74) is 1.70. The van der Waals surface area contributed by atoms with Crippen LogP contribution in [0, 0.1) is 0 Å². The molecule has 2 aliphatic heterocycles. The van der Waals surface area contributed by atoms with Crippen LogP contribution in [0.4, 0.5) is 4.79 Å². The normalized spacial score (nSPS) is 20.2. The number of rotatable bonds is 6. The number of ether oxygens (including phenoxy) is 3. The number of nitrogens with zero attached hydrogens (tertiary/aromatic N) is 1. The third-order valence-corrected chi connectivity index (χ3v) is 5.13. The summed E-state index contributed by atoms with van der Waals surface area (Å²) < 4.78 is 15.7. The van der Waals surface area contributed by atoms with Crippen LogP contribution in [0.1, 0.15) is 30.9 Å². The maximum atomic E-state index is 12.6. The molecule has 28 heavy (non-hydrogen) atoms. The van der Waals surface area contributed by atoms with E-state index in [1.165, 1.54) is 13.5 Å². The Balaban J connectivity index is 2.00. The summed E-state index contributed by atoms with van der Waals surface area (Å²) >= 11 is 0. The van der Waals surface area contributed by atoms with Crippen molar-refractivity contribution in [2.75, 3.05) is 41.0 Å². The molecule has 0 unspecified atom stereocenters. The van der Waals surface area contributed by atoms with Gasteiger partial charge in [0.1, 0.15) is 0 Å². The molecule has 3 rings (SSSR count). The first-order valence-electron chi connectivity index (χ1n) is 9.40. The average molecular weight is 389 g/mol. The average Bonchev–Trinajstić information content (AvgIpc) is 2.73. The van der Waals surface area contributed by atoms with Crippen LogP contribution >= 0.6 is 0 Å². The molecule has 1 aromatic rings. The Bertz CT molecular complexity index is 771. The van der Waals surface area contributed by atoms with Gasteiger partial charge in [-0.25, -0.2) is 9.59 Å². The lowest BCUT2D eigenvalue weighted by molar-refractivity contribution is -0.136. The van der Waals surface area contributed by atoms with Gasteiger partial charge in [0.2, 0.25) is 0 Å². The van der Waals surface area contributed by atoms with Gasteiger partial charge in [0, 0.05) is 12.2 Å². The van der Waals surface area contributed by atoms with E-state index in [9.17, 15) is 9.59 Å². The number of piperidine rings is 1. The van der Waals surface area contributed by atoms with E-state index in [1.54, 1.807) is 32.4 Å². The van der Waals surface area contributed by atoms with Crippen molar-refractivity contribution < 1.29 is 23.8 Å². The van der Waals surface area contributed by atoms with Gasteiger partial charge >= 0.3 is 12.0 Å². The number of carbonyl (C=O) groups excluding carboxylic acids is 2. The van der Waals surface area contributed by atoms with Crippen molar-refractivity contribution in [3.8, 4) is 11.5 Å². The number of hydrogen-bond acceptors (Lipinski definition) is 6. The van der Waals surface area contributed by atoms with Crippen LogP contribution in [-0.4, -0.2) is 57.9 Å². The predicted molar refractivity (Wildman–Crippen MR) is 103 cm³/mol. The monoisotopic (exact) mass is 389 g/mol. The number of urea groups is 1. The van der Waals surface area contributed by atoms with Crippen LogP contribution in [0.5, 0.6) is 11.5 Å². The van der Waals surface area contributed by atoms with E-state index in [-0.39, 0.29) is 6.03 Å². The van der Waals surface area contributed by atoms with Gasteiger partial charge < -0.3 is 24.8 Å². The summed E-state index contributed by atoms with van der Waals surface area (Å²) in [6, 6.07) is 4.33. The fraction of sp³-hybridized carbons (Fsp3) is 0.500. The lowest BCUT2D eigenvalue weighted by Gasteiger charge is -2.33. The van der Waals surface area contributed by atoms with Crippen LogP contribution in [0.3, 0.4) is 0 Å². The highest BCUT2D eigenvalue weighted by Gasteiger charge is 2.34. The first kappa shape index (κ1) is 20.0. The number of esters is 1. The summed E-state index contributed by atoms with van der Waals surface area (Å²) in [4.78, 5) is 27.2. The van der Waals surface area contributed by atoms with Crippen molar-refractivity contribution in [2.24, 2.45) is 0 Å². The van der Waals surface area contributed by atoms with Crippen molar-refractivity contribution in [1.82, 2.24) is 15.5 Å². The van der Waals surface area contributed by atoms with Crippen LogP contribution in [-0.2, 0) is 9.53 Å². The zero-order valence-electron chi connectivity index (χ0n) is 16.5. The van der Waals surface area contributed by atoms with E-state index in [1.807, 2.05) is 0 Å². The molecule has 2 amide bonds. The maximum Gasteiger partial charge on any atom is 0.338 e. The molecule has 0 saturated carbocycles. The lowest BCUT2D eigenvalue weighted by Crippen LogP contribution is -2.48. The number of likely N-dealkylation sites (tertiary alicyclic amines) is 1. The molecule has 2 N–H and O–H groups in total. The van der Waals surface area contributed by atoms with Crippen molar-refractivity contribution >= 4 is 12.0 Å². The molecular formula is C20H27N3O5. The van der Waals surface area contributed by atoms with Crippen molar-refractivity contribution in [2.45, 2.75) is 25.3 Å². The van der Waals surface area contributed by atoms with E-state index in [4.69, 9.17) is 14.2 Å². The van der Waals surface area contributed by atoms with Gasteiger partial charge in [-0.3, -0.25) is 4.90 Å². The smallest absolute Gasteiger partial charge is 0.338 e. The van der Waals surface area contributed by atoms with Crippen molar-refractivity contribution in [3.05, 3.63) is 35.0 Å². The summed E-state index contributed by atoms with van der Waals surface area (Å²) in [7, 11) is 4.44. The second-order valence-corrected chi connectivity index (χ2v) is 6.87. The molecule has 1 fully saturated rings. The molecule has 8 nitrogen and oxygen atoms in total. The molecule has 1 saturated heterocycles. The Kier molecular flexibility index (Phi) is 6.41. The van der Waals surface area contributed by atoms with E-state index < -0.39 is 12.0 Å². The minimum atomic E-state index is -0.638. The quantitative estimate of drug-likeness (QED) is 0.723. The van der Waals surface area contributed by atoms with Gasteiger partial charge in [-0.15, -0.1) is 0 Å². The fourth-order valence-electron chi connectivity index (χ4n) is 3.72. The molecule has 0 spiro atoms. The Morgan fingerprint density at radius 3 is 2.46 bits per heavy atom. The molecule has 0 aromatic heterocycles. The molecule has 2 heterocycles. The van der Waals surface area contributed by atoms with Gasteiger partial charge in [0.15, 0.2) is 11.5 Å². The number of benzene rings is 1. The topological polar surface area (TPSA) is 89.1 Å². The zero-order chi connectivity index (χ0) is 20.1. The van der Waals surface area contributed by atoms with Gasteiger partial charge in [-0.05, 0) is 43.6 Å². The van der Waals surface area contributed by atoms with E-state index in [0.29, 0.717) is 34.9 Å². The minimum absolute atomic E-state index is 0.348. The molecule has 0 bridgehead atoms. The van der Waals surface area contributed by atoms with Crippen molar-refractivity contribution in [1.29, 1.82) is 0 Å². The van der Waals surface area contributed by atoms with Crippen LogP contribution < -0.4 is 20.1 Å². The second-order valence-electron chi connectivity index (χ2n) is 6.87. The molecule has 152 valence electrons. The van der Waals surface area contributed by atoms with Crippen molar-refractivity contribution in [3.63, 3.8) is 0 Å². The molecule has 8 heteroatoms. The summed E-state index contributed by atoms with van der Waals surface area (Å²) in [6.07, 6.45) is 3.44. The summed E-state index contributed by atoms with van der Waals surface area (Å²) in [5.74, 6) is 0.623. The number of nitrogens with one attached hydrogen (secondary N) is 2. The van der Waals surface area contributed by atoms with Gasteiger partial charge in [0.05, 0.1) is 32.9 Å². The lowest BCUT2D eigenvalue weighted by atomic mass is 9.94. The van der Waals surface area contributed by atoms with Gasteiger partial charge in [-0.2, -0.15) is 0 Å². The molecule has 1 aromatic carbocycles. The maximum absolute atomic E-state index is 12.6. The Hall–Kier alpha value is -2.74. The Morgan fingerprint density at radius 2 is 1.82 bits per heavy atom. The highest BCUT2D eigenvalue weighted by molar-refractivity contribution is 5.95. The largest absolute Gasteiger partial charge is 0.493 e. The number of methoxy groups -OCH3 is 3. The molecule has 0 aliphatic carbocycles. The molecule has 2 aliphatic rings. The number of amides is 2. The zero-order valence-corrected chi connectivity index (χ0v) is 16.5. The van der Waals surface area contributed by atoms with Crippen LogP contribution in [0.25, 0.3) is 0 Å². The number of carbonyl (C=O) groups is 2. The Morgan fingerprint density at radius 1 is 1.11 bits per heavy atom. The summed E-state index contributed by atoms with van der Waals surface area (Å²) in [5, 5.41) is 5.64. The van der Waals surface area contributed by atoms with E-state index >= 15 is 0 Å². The molecule has 0 radical (unpaired) electrons. The third kappa shape index (κ3) is 4.22. The fourth-order valence-corrected chi connectivity index (χ4v) is 3.72. The first-order valence-corrected chi connectivity index (χ1v) is 9.40. The third-order valence-electron chi connectivity index (χ3n) is 5.13. The predicted octanol–water partition coefficient (Wildman–Crippen LogP) is 1.97. The first-order chi connectivity index (χ1) is 13.6. The highest BCUT2D eigenvalue weighted by Crippen LogP contribution is 2.34. The summed E-state index contributed by atoms with van der Waals surface area (Å²) in [6.45, 7) is 2.40.